The molecule has 2 saturated heterocycles. The molecule has 0 radical (unpaired) electrons. The van der Waals surface area contributed by atoms with Crippen LogP contribution in [0, 0.1) is 5.41 Å². The summed E-state index contributed by atoms with van der Waals surface area (Å²) < 4.78 is 0. The van der Waals surface area contributed by atoms with Crippen molar-refractivity contribution in [1.29, 1.82) is 0 Å². The van der Waals surface area contributed by atoms with Crippen molar-refractivity contribution in [3.63, 3.8) is 0 Å². The number of nitrogens with one attached hydrogen (secondary N) is 1. The summed E-state index contributed by atoms with van der Waals surface area (Å²) in [5, 5.41) is 3.39. The summed E-state index contributed by atoms with van der Waals surface area (Å²) in [5.74, 6) is 0.329. The Kier molecular flexibility index (Phi) is 4.28. The number of nitrogens with zero attached hydrogens (tertiary/aromatic N) is 2. The zero-order valence-electron chi connectivity index (χ0n) is 12.0. The van der Waals surface area contributed by atoms with E-state index in [9.17, 15) is 4.79 Å². The standard InChI is InChI=1S/C14H27N3O/c1-4-16-8-5-6-12(10-16)17-9-7-15-11-14(2,3)13(17)18/h12,15H,4-11H2,1-3H3. The molecule has 0 aromatic carbocycles. The van der Waals surface area contributed by atoms with Gasteiger partial charge in [-0.25, -0.2) is 0 Å². The van der Waals surface area contributed by atoms with Crippen molar-refractivity contribution in [2.45, 2.75) is 39.7 Å². The normalized spacial score (nSPS) is 30.3. The second-order valence-electron chi connectivity index (χ2n) is 6.25. The molecule has 18 heavy (non-hydrogen) atoms. The van der Waals surface area contributed by atoms with Gasteiger partial charge in [-0.05, 0) is 39.8 Å². The number of likely N-dealkylation sites (N-methyl/N-ethyl adjacent to an activating group) is 1. The van der Waals surface area contributed by atoms with E-state index in [4.69, 9.17) is 0 Å². The van der Waals surface area contributed by atoms with Gasteiger partial charge in [0.15, 0.2) is 0 Å². The molecule has 4 heteroatoms. The Balaban J connectivity index is 2.08. The number of hydrogen-bond acceptors (Lipinski definition) is 3. The Bertz CT molecular complexity index is 303. The fourth-order valence-corrected chi connectivity index (χ4v) is 3.09. The first-order chi connectivity index (χ1) is 8.54. The van der Waals surface area contributed by atoms with Crippen LogP contribution >= 0.6 is 0 Å². The fraction of sp³-hybridized carbons (Fsp3) is 0.929. The van der Waals surface area contributed by atoms with Crippen LogP contribution in [0.15, 0.2) is 0 Å². The van der Waals surface area contributed by atoms with E-state index in [-0.39, 0.29) is 5.41 Å². The number of likely N-dealkylation sites (tertiary alicyclic amines) is 1. The van der Waals surface area contributed by atoms with Crippen molar-refractivity contribution in [2.24, 2.45) is 5.41 Å². The molecule has 0 aromatic rings. The molecule has 2 heterocycles. The zero-order chi connectivity index (χ0) is 13.2. The Morgan fingerprint density at radius 3 is 2.89 bits per heavy atom. The number of carbonyl (C=O) groups is 1. The van der Waals surface area contributed by atoms with Crippen LogP contribution in [0.2, 0.25) is 0 Å². The quantitative estimate of drug-likeness (QED) is 0.795. The molecule has 2 rings (SSSR count). The first kappa shape index (κ1) is 13.8. The first-order valence-corrected chi connectivity index (χ1v) is 7.29. The van der Waals surface area contributed by atoms with Gasteiger partial charge < -0.3 is 15.1 Å². The summed E-state index contributed by atoms with van der Waals surface area (Å²) >= 11 is 0. The lowest BCUT2D eigenvalue weighted by molar-refractivity contribution is -0.142. The second kappa shape index (κ2) is 5.57. The Morgan fingerprint density at radius 2 is 2.17 bits per heavy atom. The lowest BCUT2D eigenvalue weighted by Gasteiger charge is -2.40. The molecule has 2 aliphatic heterocycles. The molecule has 1 atom stereocenters. The molecule has 1 N–H and O–H groups in total. The largest absolute Gasteiger partial charge is 0.337 e. The van der Waals surface area contributed by atoms with E-state index >= 15 is 0 Å². The van der Waals surface area contributed by atoms with Crippen LogP contribution < -0.4 is 5.32 Å². The topological polar surface area (TPSA) is 35.6 Å². The molecule has 1 amide bonds. The van der Waals surface area contributed by atoms with Gasteiger partial charge in [-0.2, -0.15) is 0 Å². The van der Waals surface area contributed by atoms with Crippen molar-refractivity contribution in [1.82, 2.24) is 15.1 Å². The molecule has 0 saturated carbocycles. The molecular formula is C14H27N3O. The van der Waals surface area contributed by atoms with Gasteiger partial charge in [0.05, 0.1) is 5.41 Å². The lowest BCUT2D eigenvalue weighted by Crippen LogP contribution is -2.53. The third-order valence-electron chi connectivity index (χ3n) is 4.30. The third-order valence-corrected chi connectivity index (χ3v) is 4.30. The van der Waals surface area contributed by atoms with E-state index in [1.54, 1.807) is 0 Å². The minimum atomic E-state index is -0.259. The highest BCUT2D eigenvalue weighted by atomic mass is 16.2. The van der Waals surface area contributed by atoms with Crippen molar-refractivity contribution in [3.8, 4) is 0 Å². The fourth-order valence-electron chi connectivity index (χ4n) is 3.09. The first-order valence-electron chi connectivity index (χ1n) is 7.29. The minimum absolute atomic E-state index is 0.259. The summed E-state index contributed by atoms with van der Waals surface area (Å²) in [6.07, 6.45) is 2.38. The summed E-state index contributed by atoms with van der Waals surface area (Å²) in [6, 6.07) is 0.422. The Hall–Kier alpha value is -0.610. The zero-order valence-corrected chi connectivity index (χ0v) is 12.0. The van der Waals surface area contributed by atoms with Gasteiger partial charge in [0.25, 0.3) is 0 Å². The van der Waals surface area contributed by atoms with Crippen molar-refractivity contribution >= 4 is 5.91 Å². The maximum atomic E-state index is 12.6. The number of carbonyl (C=O) groups excluding carboxylic acids is 1. The molecule has 4 nitrogen and oxygen atoms in total. The average molecular weight is 253 g/mol. The van der Waals surface area contributed by atoms with Gasteiger partial charge in [-0.3, -0.25) is 4.79 Å². The maximum absolute atomic E-state index is 12.6. The van der Waals surface area contributed by atoms with E-state index in [0.29, 0.717) is 11.9 Å². The van der Waals surface area contributed by atoms with E-state index in [2.05, 4.69) is 35.9 Å². The molecule has 2 fully saturated rings. The van der Waals surface area contributed by atoms with Crippen molar-refractivity contribution in [2.75, 3.05) is 39.3 Å². The van der Waals surface area contributed by atoms with Crippen molar-refractivity contribution in [3.05, 3.63) is 0 Å². The summed E-state index contributed by atoms with van der Waals surface area (Å²) in [7, 11) is 0. The molecule has 0 bridgehead atoms. The predicted molar refractivity (Wildman–Crippen MR) is 73.5 cm³/mol. The van der Waals surface area contributed by atoms with Crippen LogP contribution in [-0.4, -0.2) is 61.0 Å². The molecule has 0 aliphatic carbocycles. The number of rotatable bonds is 2. The Morgan fingerprint density at radius 1 is 1.39 bits per heavy atom. The van der Waals surface area contributed by atoms with Gasteiger partial charge in [0.2, 0.25) is 5.91 Å². The van der Waals surface area contributed by atoms with Crippen LogP contribution in [0.4, 0.5) is 0 Å². The van der Waals surface area contributed by atoms with E-state index in [1.165, 1.54) is 19.4 Å². The predicted octanol–water partition coefficient (Wildman–Crippen LogP) is 0.929. The highest BCUT2D eigenvalue weighted by molar-refractivity contribution is 5.82. The van der Waals surface area contributed by atoms with Gasteiger partial charge in [0, 0.05) is 32.2 Å². The smallest absolute Gasteiger partial charge is 0.229 e. The molecule has 2 aliphatic rings. The molecule has 104 valence electrons. The van der Waals surface area contributed by atoms with Crippen LogP contribution in [0.3, 0.4) is 0 Å². The highest BCUT2D eigenvalue weighted by Gasteiger charge is 2.37. The maximum Gasteiger partial charge on any atom is 0.229 e. The number of amides is 1. The van der Waals surface area contributed by atoms with Crippen LogP contribution in [0.1, 0.15) is 33.6 Å². The van der Waals surface area contributed by atoms with Gasteiger partial charge >= 0.3 is 0 Å². The molecular weight excluding hydrogens is 226 g/mol. The van der Waals surface area contributed by atoms with E-state index in [1.807, 2.05) is 0 Å². The van der Waals surface area contributed by atoms with Gasteiger partial charge in [0.1, 0.15) is 0 Å². The highest BCUT2D eigenvalue weighted by Crippen LogP contribution is 2.24. The minimum Gasteiger partial charge on any atom is -0.337 e. The summed E-state index contributed by atoms with van der Waals surface area (Å²) in [6.45, 7) is 12.3. The van der Waals surface area contributed by atoms with Gasteiger partial charge in [-0.1, -0.05) is 6.92 Å². The van der Waals surface area contributed by atoms with Crippen LogP contribution in [0.5, 0.6) is 0 Å². The van der Waals surface area contributed by atoms with Gasteiger partial charge in [-0.15, -0.1) is 0 Å². The monoisotopic (exact) mass is 253 g/mol. The second-order valence-corrected chi connectivity index (χ2v) is 6.25. The average Bonchev–Trinajstić information content (AvgIpc) is 2.50. The number of hydrogen-bond donors (Lipinski definition) is 1. The van der Waals surface area contributed by atoms with Crippen molar-refractivity contribution < 1.29 is 4.79 Å². The molecule has 0 aromatic heterocycles. The van der Waals surface area contributed by atoms with E-state index < -0.39 is 0 Å². The summed E-state index contributed by atoms with van der Waals surface area (Å²) in [4.78, 5) is 17.2. The lowest BCUT2D eigenvalue weighted by atomic mass is 9.90. The summed E-state index contributed by atoms with van der Waals surface area (Å²) in [5.41, 5.74) is -0.259. The third kappa shape index (κ3) is 2.86. The number of piperidine rings is 1. The molecule has 1 unspecified atom stereocenters. The van der Waals surface area contributed by atoms with Crippen LogP contribution in [-0.2, 0) is 4.79 Å². The van der Waals surface area contributed by atoms with Crippen LogP contribution in [0.25, 0.3) is 0 Å². The SMILES string of the molecule is CCN1CCCC(N2CCNCC(C)(C)C2=O)C1. The van der Waals surface area contributed by atoms with E-state index in [0.717, 1.165) is 32.7 Å². The molecule has 0 spiro atoms. The Labute approximate surface area is 111 Å².